The van der Waals surface area contributed by atoms with Crippen molar-refractivity contribution in [3.05, 3.63) is 87.1 Å². The van der Waals surface area contributed by atoms with E-state index < -0.39 is 0 Å². The maximum atomic E-state index is 13.1. The normalized spacial score (nSPS) is 16.4. The van der Waals surface area contributed by atoms with Gasteiger partial charge in [0.15, 0.2) is 0 Å². The van der Waals surface area contributed by atoms with Crippen molar-refractivity contribution >= 4 is 23.2 Å². The largest absolute Gasteiger partial charge is 0.352 e. The van der Waals surface area contributed by atoms with E-state index in [9.17, 15) is 9.59 Å². The maximum absolute atomic E-state index is 13.1. The summed E-state index contributed by atoms with van der Waals surface area (Å²) in [5.74, 6) is -0.0748. The fourth-order valence-electron chi connectivity index (χ4n) is 3.37. The van der Waals surface area contributed by atoms with Crippen LogP contribution in [0, 0.1) is 0 Å². The van der Waals surface area contributed by atoms with E-state index in [-0.39, 0.29) is 17.5 Å². The SMILES string of the molecule is Cn1ccc2c1C(c1ccc(Cl)cc1)N(c1ccc(=O)n(C)c1)C2=O. The summed E-state index contributed by atoms with van der Waals surface area (Å²) in [6.45, 7) is 0. The Morgan fingerprint density at radius 1 is 0.920 bits per heavy atom. The first-order valence-corrected chi connectivity index (χ1v) is 8.26. The van der Waals surface area contributed by atoms with E-state index in [0.29, 0.717) is 16.3 Å². The lowest BCUT2D eigenvalue weighted by Crippen LogP contribution is -2.30. The van der Waals surface area contributed by atoms with Gasteiger partial charge in [-0.15, -0.1) is 0 Å². The predicted molar refractivity (Wildman–Crippen MR) is 97.2 cm³/mol. The lowest BCUT2D eigenvalue weighted by molar-refractivity contribution is 0.0993. The van der Waals surface area contributed by atoms with Crippen LogP contribution in [0.2, 0.25) is 5.02 Å². The molecule has 1 aliphatic rings. The summed E-state index contributed by atoms with van der Waals surface area (Å²) < 4.78 is 3.44. The zero-order chi connectivity index (χ0) is 17.7. The smallest absolute Gasteiger partial charge is 0.261 e. The molecule has 3 heterocycles. The molecule has 0 saturated carbocycles. The van der Waals surface area contributed by atoms with Crippen LogP contribution in [-0.4, -0.2) is 15.0 Å². The van der Waals surface area contributed by atoms with Crippen LogP contribution in [0.3, 0.4) is 0 Å². The number of carbonyl (C=O) groups excluding carboxylic acids is 1. The third-order valence-electron chi connectivity index (χ3n) is 4.62. The quantitative estimate of drug-likeness (QED) is 0.710. The van der Waals surface area contributed by atoms with Gasteiger partial charge in [-0.25, -0.2) is 0 Å². The number of rotatable bonds is 2. The molecule has 1 aliphatic heterocycles. The molecule has 0 bridgehead atoms. The predicted octanol–water partition coefficient (Wildman–Crippen LogP) is 3.13. The van der Waals surface area contributed by atoms with Crippen molar-refractivity contribution in [3.8, 4) is 0 Å². The molecule has 5 nitrogen and oxygen atoms in total. The number of pyridine rings is 1. The molecule has 0 aliphatic carbocycles. The van der Waals surface area contributed by atoms with Crippen LogP contribution in [0.25, 0.3) is 0 Å². The minimum absolute atomic E-state index is 0.0748. The van der Waals surface area contributed by atoms with Crippen LogP contribution in [0.4, 0.5) is 5.69 Å². The first-order valence-electron chi connectivity index (χ1n) is 7.88. The molecule has 0 fully saturated rings. The van der Waals surface area contributed by atoms with E-state index in [4.69, 9.17) is 11.6 Å². The molecule has 0 N–H and O–H groups in total. The second kappa shape index (κ2) is 5.63. The highest BCUT2D eigenvalue weighted by Crippen LogP contribution is 2.41. The van der Waals surface area contributed by atoms with Crippen molar-refractivity contribution < 1.29 is 4.79 Å². The Kier molecular flexibility index (Phi) is 3.54. The molecule has 3 aromatic rings. The van der Waals surface area contributed by atoms with Crippen LogP contribution < -0.4 is 10.5 Å². The Morgan fingerprint density at radius 3 is 2.32 bits per heavy atom. The van der Waals surface area contributed by atoms with Crippen LogP contribution in [0.15, 0.2) is 59.7 Å². The minimum atomic E-state index is -0.266. The fourth-order valence-corrected chi connectivity index (χ4v) is 3.50. The highest BCUT2D eigenvalue weighted by Gasteiger charge is 2.40. The molecular formula is C19H16ClN3O2. The molecule has 6 heteroatoms. The Hall–Kier alpha value is -2.79. The average molecular weight is 354 g/mol. The number of benzene rings is 1. The highest BCUT2D eigenvalue weighted by molar-refractivity contribution is 6.30. The van der Waals surface area contributed by atoms with Gasteiger partial charge in [0.25, 0.3) is 5.91 Å². The van der Waals surface area contributed by atoms with Crippen molar-refractivity contribution in [1.82, 2.24) is 9.13 Å². The third kappa shape index (κ3) is 2.39. The first kappa shape index (κ1) is 15.7. The summed E-state index contributed by atoms with van der Waals surface area (Å²) in [4.78, 5) is 26.5. The fraction of sp³-hybridized carbons (Fsp3) is 0.158. The molecular weight excluding hydrogens is 338 g/mol. The number of aromatic nitrogens is 2. The highest BCUT2D eigenvalue weighted by atomic mass is 35.5. The van der Waals surface area contributed by atoms with Gasteiger partial charge in [0.05, 0.1) is 16.9 Å². The number of halogens is 1. The van der Waals surface area contributed by atoms with E-state index in [1.807, 2.05) is 48.1 Å². The summed E-state index contributed by atoms with van der Waals surface area (Å²) in [6.07, 6.45) is 3.58. The van der Waals surface area contributed by atoms with E-state index in [1.165, 1.54) is 10.6 Å². The number of hydrogen-bond donors (Lipinski definition) is 0. The van der Waals surface area contributed by atoms with Crippen molar-refractivity contribution in [2.45, 2.75) is 6.04 Å². The van der Waals surface area contributed by atoms with Gasteiger partial charge in [-0.3, -0.25) is 14.5 Å². The number of fused-ring (bicyclic) bond motifs is 1. The number of hydrogen-bond acceptors (Lipinski definition) is 2. The van der Waals surface area contributed by atoms with Crippen LogP contribution in [-0.2, 0) is 14.1 Å². The molecule has 1 aromatic carbocycles. The average Bonchev–Trinajstić information content (AvgIpc) is 3.10. The second-order valence-corrected chi connectivity index (χ2v) is 6.63. The summed E-state index contributed by atoms with van der Waals surface area (Å²) in [5.41, 5.74) is 3.14. The van der Waals surface area contributed by atoms with Crippen molar-refractivity contribution in [1.29, 1.82) is 0 Å². The molecule has 126 valence electrons. The van der Waals surface area contributed by atoms with Gasteiger partial charge >= 0.3 is 0 Å². The zero-order valence-corrected chi connectivity index (χ0v) is 14.6. The molecule has 25 heavy (non-hydrogen) atoms. The monoisotopic (exact) mass is 353 g/mol. The van der Waals surface area contributed by atoms with Crippen molar-refractivity contribution in [3.63, 3.8) is 0 Å². The number of nitrogens with zero attached hydrogens (tertiary/aromatic N) is 3. The number of carbonyl (C=O) groups is 1. The minimum Gasteiger partial charge on any atom is -0.352 e. The zero-order valence-electron chi connectivity index (χ0n) is 13.8. The van der Waals surface area contributed by atoms with Crippen LogP contribution >= 0.6 is 11.6 Å². The first-order chi connectivity index (χ1) is 12.0. The number of amides is 1. The van der Waals surface area contributed by atoms with Crippen LogP contribution in [0.1, 0.15) is 27.7 Å². The number of aryl methyl sites for hydroxylation is 2. The third-order valence-corrected chi connectivity index (χ3v) is 4.87. The molecule has 0 radical (unpaired) electrons. The topological polar surface area (TPSA) is 47.2 Å². The van der Waals surface area contributed by atoms with E-state index >= 15 is 0 Å². The van der Waals surface area contributed by atoms with Gasteiger partial charge in [0, 0.05) is 37.6 Å². The van der Waals surface area contributed by atoms with Gasteiger partial charge in [-0.05, 0) is 29.8 Å². The van der Waals surface area contributed by atoms with Gasteiger partial charge in [-0.1, -0.05) is 23.7 Å². The lowest BCUT2D eigenvalue weighted by atomic mass is 10.0. The van der Waals surface area contributed by atoms with Gasteiger partial charge < -0.3 is 9.13 Å². The van der Waals surface area contributed by atoms with Crippen LogP contribution in [0.5, 0.6) is 0 Å². The second-order valence-electron chi connectivity index (χ2n) is 6.19. The van der Waals surface area contributed by atoms with Crippen molar-refractivity contribution in [2.75, 3.05) is 4.90 Å². The van der Waals surface area contributed by atoms with E-state index in [0.717, 1.165) is 11.3 Å². The molecule has 0 spiro atoms. The standard InChI is InChI=1S/C19H16ClN3O2/c1-21-10-9-15-18(21)17(12-3-5-13(20)6-4-12)23(19(15)25)14-7-8-16(24)22(2)11-14/h3-11,17H,1-2H3. The molecule has 4 rings (SSSR count). The Balaban J connectivity index is 1.92. The Labute approximate surface area is 149 Å². The molecule has 1 atom stereocenters. The van der Waals surface area contributed by atoms with Gasteiger partial charge in [-0.2, -0.15) is 0 Å². The van der Waals surface area contributed by atoms with E-state index in [1.54, 1.807) is 24.2 Å². The molecule has 1 amide bonds. The summed E-state index contributed by atoms with van der Waals surface area (Å²) >= 11 is 6.03. The summed E-state index contributed by atoms with van der Waals surface area (Å²) in [7, 11) is 3.61. The summed E-state index contributed by atoms with van der Waals surface area (Å²) in [6, 6.07) is 12.2. The van der Waals surface area contributed by atoms with Crippen molar-refractivity contribution in [2.24, 2.45) is 14.1 Å². The molecule has 0 saturated heterocycles. The lowest BCUT2D eigenvalue weighted by Gasteiger charge is -2.27. The van der Waals surface area contributed by atoms with Gasteiger partial charge in [0.2, 0.25) is 5.56 Å². The Bertz CT molecular complexity index is 1030. The molecule has 2 aromatic heterocycles. The molecule has 1 unspecified atom stereocenters. The van der Waals surface area contributed by atoms with Gasteiger partial charge in [0.1, 0.15) is 6.04 Å². The summed E-state index contributed by atoms with van der Waals surface area (Å²) in [5, 5.41) is 0.647. The van der Waals surface area contributed by atoms with E-state index in [2.05, 4.69) is 0 Å². The Morgan fingerprint density at radius 2 is 1.64 bits per heavy atom. The number of anilines is 1. The maximum Gasteiger partial charge on any atom is 0.261 e.